The molecule has 0 bridgehead atoms. The van der Waals surface area contributed by atoms with Crippen LogP contribution in [0.1, 0.15) is 36.7 Å². The molecule has 2 aliphatic heterocycles. The number of ether oxygens (including phenoxy) is 1. The third kappa shape index (κ3) is 4.11. The molecule has 2 atom stereocenters. The van der Waals surface area contributed by atoms with Gasteiger partial charge in [0.2, 0.25) is 10.0 Å². The summed E-state index contributed by atoms with van der Waals surface area (Å²) in [5.41, 5.74) is 8.33. The van der Waals surface area contributed by atoms with E-state index in [1.807, 2.05) is 20.8 Å². The van der Waals surface area contributed by atoms with Gasteiger partial charge in [0.1, 0.15) is 29.8 Å². The molecule has 35 heavy (non-hydrogen) atoms. The van der Waals surface area contributed by atoms with Crippen LogP contribution in [-0.4, -0.2) is 75.4 Å². The summed E-state index contributed by atoms with van der Waals surface area (Å²) in [7, 11) is -3.25. The Morgan fingerprint density at radius 2 is 2.00 bits per heavy atom. The van der Waals surface area contributed by atoms with Crippen LogP contribution >= 0.6 is 11.6 Å². The molecule has 3 aromatic rings. The van der Waals surface area contributed by atoms with Crippen molar-refractivity contribution in [3.8, 4) is 5.75 Å². The normalized spacial score (nSPS) is 20.8. The van der Waals surface area contributed by atoms with Crippen LogP contribution in [0.3, 0.4) is 0 Å². The molecular weight excluding hydrogens is 497 g/mol. The Balaban J connectivity index is 1.55. The molecule has 0 saturated carbocycles. The average molecular weight is 524 g/mol. The standard InChI is InChI=1S/C22H27ClFN7O3S/c1-11-6-29(14-7-30(8-14)35(4,32)33)9-16-19(24)17(23)5-15(20(16)34-11)13(3)31-22-18(12(2)28-31)21(25)26-10-27-22/h5,10-11,13-14H,6-9H2,1-4H3,(H2,25,26,27). The van der Waals surface area contributed by atoms with Gasteiger partial charge < -0.3 is 10.5 Å². The zero-order chi connectivity index (χ0) is 25.2. The van der Waals surface area contributed by atoms with Crippen LogP contribution in [0, 0.1) is 12.7 Å². The van der Waals surface area contributed by atoms with Crippen molar-refractivity contribution in [1.82, 2.24) is 29.0 Å². The van der Waals surface area contributed by atoms with Crippen LogP contribution in [-0.2, 0) is 16.6 Å². The Hall–Kier alpha value is -2.54. The molecule has 188 valence electrons. The van der Waals surface area contributed by atoms with Crippen LogP contribution in [0.4, 0.5) is 10.2 Å². The Bertz CT molecular complexity index is 1420. The molecule has 2 aromatic heterocycles. The van der Waals surface area contributed by atoms with Gasteiger partial charge in [0.15, 0.2) is 5.65 Å². The highest BCUT2D eigenvalue weighted by Gasteiger charge is 2.40. The molecule has 1 saturated heterocycles. The molecule has 2 N–H and O–H groups in total. The minimum absolute atomic E-state index is 0.0163. The number of hydrogen-bond donors (Lipinski definition) is 1. The maximum absolute atomic E-state index is 15.4. The number of hydrogen-bond acceptors (Lipinski definition) is 8. The number of halogens is 2. The predicted molar refractivity (Wildman–Crippen MR) is 130 cm³/mol. The zero-order valence-corrected chi connectivity index (χ0v) is 21.4. The smallest absolute Gasteiger partial charge is 0.211 e. The van der Waals surface area contributed by atoms with Gasteiger partial charge in [-0.25, -0.2) is 27.5 Å². The third-order valence-electron chi connectivity index (χ3n) is 6.79. The number of nitrogen functional groups attached to an aromatic ring is 1. The van der Waals surface area contributed by atoms with E-state index in [0.717, 1.165) is 0 Å². The lowest BCUT2D eigenvalue weighted by Crippen LogP contribution is -2.61. The first-order chi connectivity index (χ1) is 16.5. The SMILES string of the molecule is Cc1nn(C(C)c2cc(Cl)c(F)c3c2OC(C)CN(C2CN(S(C)(=O)=O)C2)C3)c2ncnc(N)c12. The second kappa shape index (κ2) is 8.54. The van der Waals surface area contributed by atoms with E-state index >= 15 is 4.39 Å². The molecule has 2 unspecified atom stereocenters. The lowest BCUT2D eigenvalue weighted by molar-refractivity contribution is 0.0586. The van der Waals surface area contributed by atoms with E-state index < -0.39 is 21.9 Å². The van der Waals surface area contributed by atoms with Gasteiger partial charge in [0, 0.05) is 43.3 Å². The Labute approximate surface area is 207 Å². The molecule has 10 nitrogen and oxygen atoms in total. The second-order valence-corrected chi connectivity index (χ2v) is 11.7. The number of nitrogens with zero attached hydrogens (tertiary/aromatic N) is 6. The molecule has 0 spiro atoms. The van der Waals surface area contributed by atoms with Crippen molar-refractivity contribution < 1.29 is 17.5 Å². The number of nitrogens with two attached hydrogens (primary N) is 1. The number of sulfonamides is 1. The summed E-state index contributed by atoms with van der Waals surface area (Å²) in [6.45, 7) is 7.17. The summed E-state index contributed by atoms with van der Waals surface area (Å²) in [5, 5.41) is 5.29. The number of aromatic nitrogens is 4. The summed E-state index contributed by atoms with van der Waals surface area (Å²) in [6, 6.07) is 1.15. The van der Waals surface area contributed by atoms with Gasteiger partial charge >= 0.3 is 0 Å². The highest BCUT2D eigenvalue weighted by molar-refractivity contribution is 7.88. The molecule has 0 radical (unpaired) electrons. The first-order valence-corrected chi connectivity index (χ1v) is 13.5. The van der Waals surface area contributed by atoms with Crippen LogP contribution < -0.4 is 10.5 Å². The van der Waals surface area contributed by atoms with E-state index in [0.29, 0.717) is 59.1 Å². The van der Waals surface area contributed by atoms with Crippen LogP contribution in [0.15, 0.2) is 12.4 Å². The van der Waals surface area contributed by atoms with Gasteiger partial charge in [-0.2, -0.15) is 9.40 Å². The molecule has 0 amide bonds. The van der Waals surface area contributed by atoms with E-state index in [-0.39, 0.29) is 23.7 Å². The minimum atomic E-state index is -3.25. The van der Waals surface area contributed by atoms with Crippen LogP contribution in [0.5, 0.6) is 5.75 Å². The van der Waals surface area contributed by atoms with Gasteiger partial charge in [-0.1, -0.05) is 11.6 Å². The summed E-state index contributed by atoms with van der Waals surface area (Å²) in [5.74, 6) is 0.229. The van der Waals surface area contributed by atoms with Crippen molar-refractivity contribution >= 4 is 38.5 Å². The largest absolute Gasteiger partial charge is 0.489 e. The third-order valence-corrected chi connectivity index (χ3v) is 8.30. The van der Waals surface area contributed by atoms with Crippen molar-refractivity contribution in [3.63, 3.8) is 0 Å². The maximum atomic E-state index is 15.4. The van der Waals surface area contributed by atoms with Crippen molar-refractivity contribution in [2.45, 2.75) is 45.5 Å². The van der Waals surface area contributed by atoms with Crippen molar-refractivity contribution in [2.75, 3.05) is 31.6 Å². The van der Waals surface area contributed by atoms with E-state index in [2.05, 4.69) is 20.0 Å². The molecule has 13 heteroatoms. The summed E-state index contributed by atoms with van der Waals surface area (Å²) in [4.78, 5) is 10.5. The fourth-order valence-corrected chi connectivity index (χ4v) is 6.00. The molecule has 1 aromatic carbocycles. The molecule has 2 aliphatic rings. The van der Waals surface area contributed by atoms with E-state index in [9.17, 15) is 8.42 Å². The minimum Gasteiger partial charge on any atom is -0.489 e. The summed E-state index contributed by atoms with van der Waals surface area (Å²) in [6.07, 6.45) is 2.32. The first-order valence-electron chi connectivity index (χ1n) is 11.3. The number of fused-ring (bicyclic) bond motifs is 2. The lowest BCUT2D eigenvalue weighted by atomic mass is 10.0. The highest BCUT2D eigenvalue weighted by atomic mass is 35.5. The summed E-state index contributed by atoms with van der Waals surface area (Å²) < 4.78 is 48.4. The Kier molecular flexibility index (Phi) is 5.90. The number of rotatable bonds is 4. The molecule has 0 aliphatic carbocycles. The quantitative estimate of drug-likeness (QED) is 0.553. The van der Waals surface area contributed by atoms with Crippen molar-refractivity contribution in [2.24, 2.45) is 0 Å². The first kappa shape index (κ1) is 24.2. The fraction of sp³-hybridized carbons (Fsp3) is 0.500. The topological polar surface area (TPSA) is 119 Å². The van der Waals surface area contributed by atoms with Gasteiger partial charge in [-0.15, -0.1) is 0 Å². The molecule has 1 fully saturated rings. The molecule has 5 rings (SSSR count). The van der Waals surface area contributed by atoms with Gasteiger partial charge in [-0.05, 0) is 26.8 Å². The fourth-order valence-electron chi connectivity index (χ4n) is 4.88. The predicted octanol–water partition coefficient (Wildman–Crippen LogP) is 2.35. The zero-order valence-electron chi connectivity index (χ0n) is 19.9. The van der Waals surface area contributed by atoms with Gasteiger partial charge in [0.05, 0.1) is 28.4 Å². The number of benzene rings is 1. The average Bonchev–Trinajstić information content (AvgIpc) is 2.97. The lowest BCUT2D eigenvalue weighted by Gasteiger charge is -2.43. The van der Waals surface area contributed by atoms with E-state index in [4.69, 9.17) is 22.1 Å². The van der Waals surface area contributed by atoms with E-state index in [1.54, 1.807) is 10.7 Å². The van der Waals surface area contributed by atoms with Gasteiger partial charge in [-0.3, -0.25) is 4.90 Å². The van der Waals surface area contributed by atoms with Crippen LogP contribution in [0.25, 0.3) is 11.0 Å². The Morgan fingerprint density at radius 3 is 2.69 bits per heavy atom. The summed E-state index contributed by atoms with van der Waals surface area (Å²) >= 11 is 6.37. The van der Waals surface area contributed by atoms with Crippen LogP contribution in [0.2, 0.25) is 5.02 Å². The maximum Gasteiger partial charge on any atom is 0.211 e. The molecule has 4 heterocycles. The Morgan fingerprint density at radius 1 is 1.29 bits per heavy atom. The second-order valence-electron chi connectivity index (χ2n) is 9.32. The molecular formula is C22H27ClFN7O3S. The number of anilines is 1. The van der Waals surface area contributed by atoms with E-state index in [1.165, 1.54) is 16.9 Å². The van der Waals surface area contributed by atoms with Crippen molar-refractivity contribution in [1.29, 1.82) is 0 Å². The van der Waals surface area contributed by atoms with Gasteiger partial charge in [0.25, 0.3) is 0 Å². The van der Waals surface area contributed by atoms with Crippen molar-refractivity contribution in [3.05, 3.63) is 40.1 Å². The highest BCUT2D eigenvalue weighted by Crippen LogP contribution is 2.41. The monoisotopic (exact) mass is 523 g/mol. The number of aryl methyl sites for hydroxylation is 1.